The average Bonchev–Trinajstić information content (AvgIpc) is 2.60. The molecule has 0 aromatic heterocycles. The van der Waals surface area contributed by atoms with Crippen LogP contribution in [0.2, 0.25) is 5.02 Å². The molecule has 1 aromatic carbocycles. The highest BCUT2D eigenvalue weighted by Crippen LogP contribution is 2.25. The van der Waals surface area contributed by atoms with Gasteiger partial charge in [-0.2, -0.15) is 4.31 Å². The van der Waals surface area contributed by atoms with Crippen LogP contribution in [0.1, 0.15) is 46.5 Å². The molecule has 1 atom stereocenters. The third-order valence-electron chi connectivity index (χ3n) is 4.84. The molecular formula is C19H29ClN2O3S. The van der Waals surface area contributed by atoms with Gasteiger partial charge in [0.2, 0.25) is 15.9 Å². The van der Waals surface area contributed by atoms with E-state index in [2.05, 4.69) is 19.2 Å². The molecule has 1 unspecified atom stereocenters. The predicted molar refractivity (Wildman–Crippen MR) is 105 cm³/mol. The Morgan fingerprint density at radius 3 is 2.27 bits per heavy atom. The number of carbonyl (C=O) groups excluding carboxylic acids is 1. The van der Waals surface area contributed by atoms with Crippen molar-refractivity contribution in [1.29, 1.82) is 0 Å². The normalized spacial score (nSPS) is 18.0. The summed E-state index contributed by atoms with van der Waals surface area (Å²) in [5.41, 5.74) is 0. The van der Waals surface area contributed by atoms with Gasteiger partial charge in [0, 0.05) is 30.1 Å². The topological polar surface area (TPSA) is 66.5 Å². The van der Waals surface area contributed by atoms with Crippen molar-refractivity contribution in [2.45, 2.75) is 57.4 Å². The van der Waals surface area contributed by atoms with Crippen LogP contribution in [0.15, 0.2) is 29.2 Å². The SMILES string of the molecule is CC(C)CCC(C)NC(=O)C1CCN(S(=O)(=O)c2ccc(Cl)cc2)CC1. The number of amides is 1. The first-order valence-corrected chi connectivity index (χ1v) is 11.1. The van der Waals surface area contributed by atoms with Gasteiger partial charge < -0.3 is 5.32 Å². The minimum Gasteiger partial charge on any atom is -0.353 e. The van der Waals surface area contributed by atoms with Gasteiger partial charge in [-0.1, -0.05) is 25.4 Å². The van der Waals surface area contributed by atoms with Crippen molar-refractivity contribution in [3.63, 3.8) is 0 Å². The smallest absolute Gasteiger partial charge is 0.243 e. The Morgan fingerprint density at radius 2 is 1.73 bits per heavy atom. The Labute approximate surface area is 162 Å². The second kappa shape index (κ2) is 9.20. The fourth-order valence-electron chi connectivity index (χ4n) is 3.13. The fourth-order valence-corrected chi connectivity index (χ4v) is 4.73. The summed E-state index contributed by atoms with van der Waals surface area (Å²) in [5, 5.41) is 3.58. The average molecular weight is 401 g/mol. The molecule has 2 rings (SSSR count). The molecule has 146 valence electrons. The molecule has 1 aromatic rings. The van der Waals surface area contributed by atoms with Gasteiger partial charge in [0.15, 0.2) is 0 Å². The molecule has 1 saturated heterocycles. The van der Waals surface area contributed by atoms with Gasteiger partial charge in [-0.05, 0) is 62.8 Å². The van der Waals surface area contributed by atoms with E-state index in [4.69, 9.17) is 11.6 Å². The van der Waals surface area contributed by atoms with E-state index in [-0.39, 0.29) is 22.8 Å². The molecule has 7 heteroatoms. The fraction of sp³-hybridized carbons (Fsp3) is 0.632. The van der Waals surface area contributed by atoms with Crippen molar-refractivity contribution >= 4 is 27.5 Å². The number of piperidine rings is 1. The molecule has 0 saturated carbocycles. The van der Waals surface area contributed by atoms with Crippen LogP contribution in [-0.2, 0) is 14.8 Å². The Bertz CT molecular complexity index is 696. The lowest BCUT2D eigenvalue weighted by Gasteiger charge is -2.31. The van der Waals surface area contributed by atoms with Gasteiger partial charge in [-0.3, -0.25) is 4.79 Å². The van der Waals surface area contributed by atoms with E-state index < -0.39 is 10.0 Å². The van der Waals surface area contributed by atoms with E-state index in [1.807, 2.05) is 6.92 Å². The first-order chi connectivity index (χ1) is 12.2. The maximum atomic E-state index is 12.7. The van der Waals surface area contributed by atoms with Crippen LogP contribution in [0.5, 0.6) is 0 Å². The van der Waals surface area contributed by atoms with Crippen molar-refractivity contribution in [1.82, 2.24) is 9.62 Å². The van der Waals surface area contributed by atoms with E-state index >= 15 is 0 Å². The molecule has 0 bridgehead atoms. The number of hydrogen-bond acceptors (Lipinski definition) is 3. The number of rotatable bonds is 7. The first kappa shape index (κ1) is 21.2. The Hall–Kier alpha value is -1.11. The summed E-state index contributed by atoms with van der Waals surface area (Å²) < 4.78 is 26.8. The summed E-state index contributed by atoms with van der Waals surface area (Å²) in [6.07, 6.45) is 3.15. The van der Waals surface area contributed by atoms with Crippen molar-refractivity contribution in [3.05, 3.63) is 29.3 Å². The Morgan fingerprint density at radius 1 is 1.15 bits per heavy atom. The molecule has 1 aliphatic rings. The van der Waals surface area contributed by atoms with Gasteiger partial charge in [-0.15, -0.1) is 0 Å². The zero-order valence-electron chi connectivity index (χ0n) is 15.7. The van der Waals surface area contributed by atoms with Crippen LogP contribution in [0.4, 0.5) is 0 Å². The van der Waals surface area contributed by atoms with Crippen molar-refractivity contribution in [2.75, 3.05) is 13.1 Å². The van der Waals surface area contributed by atoms with Gasteiger partial charge in [-0.25, -0.2) is 8.42 Å². The lowest BCUT2D eigenvalue weighted by Crippen LogP contribution is -2.44. The van der Waals surface area contributed by atoms with E-state index in [0.29, 0.717) is 36.9 Å². The number of sulfonamides is 1. The summed E-state index contributed by atoms with van der Waals surface area (Å²) in [6, 6.07) is 6.35. The number of carbonyl (C=O) groups is 1. The van der Waals surface area contributed by atoms with E-state index in [1.165, 1.54) is 16.4 Å². The molecule has 1 N–H and O–H groups in total. The second-order valence-corrected chi connectivity index (χ2v) is 9.89. The van der Waals surface area contributed by atoms with E-state index in [9.17, 15) is 13.2 Å². The second-order valence-electron chi connectivity index (χ2n) is 7.51. The lowest BCUT2D eigenvalue weighted by atomic mass is 9.96. The van der Waals surface area contributed by atoms with Gasteiger partial charge in [0.05, 0.1) is 4.90 Å². The predicted octanol–water partition coefficient (Wildman–Crippen LogP) is 3.68. The Balaban J connectivity index is 1.88. The van der Waals surface area contributed by atoms with Crippen molar-refractivity contribution in [2.24, 2.45) is 11.8 Å². The summed E-state index contributed by atoms with van der Waals surface area (Å²) in [5.74, 6) is 0.550. The molecule has 0 spiro atoms. The molecule has 0 radical (unpaired) electrons. The summed E-state index contributed by atoms with van der Waals surface area (Å²) in [6.45, 7) is 7.10. The van der Waals surface area contributed by atoms with Crippen LogP contribution in [0.3, 0.4) is 0 Å². The minimum absolute atomic E-state index is 0.0461. The molecule has 26 heavy (non-hydrogen) atoms. The first-order valence-electron chi connectivity index (χ1n) is 9.26. The monoisotopic (exact) mass is 400 g/mol. The Kier molecular flexibility index (Phi) is 7.50. The number of benzene rings is 1. The van der Waals surface area contributed by atoms with Crippen LogP contribution in [0, 0.1) is 11.8 Å². The van der Waals surface area contributed by atoms with Gasteiger partial charge >= 0.3 is 0 Å². The molecule has 5 nitrogen and oxygen atoms in total. The lowest BCUT2D eigenvalue weighted by molar-refractivity contribution is -0.126. The van der Waals surface area contributed by atoms with Crippen molar-refractivity contribution in [3.8, 4) is 0 Å². The third-order valence-corrected chi connectivity index (χ3v) is 7.01. The van der Waals surface area contributed by atoms with E-state index in [1.54, 1.807) is 12.1 Å². The molecule has 0 aliphatic carbocycles. The molecule has 1 heterocycles. The molecule has 1 fully saturated rings. The minimum atomic E-state index is -3.53. The number of nitrogens with one attached hydrogen (secondary N) is 1. The zero-order valence-corrected chi connectivity index (χ0v) is 17.3. The zero-order chi connectivity index (χ0) is 19.3. The van der Waals surface area contributed by atoms with Gasteiger partial charge in [0.1, 0.15) is 0 Å². The maximum absolute atomic E-state index is 12.7. The maximum Gasteiger partial charge on any atom is 0.243 e. The van der Waals surface area contributed by atoms with Crippen LogP contribution in [-0.4, -0.2) is 37.8 Å². The quantitative estimate of drug-likeness (QED) is 0.759. The molecule has 1 amide bonds. The van der Waals surface area contributed by atoms with E-state index in [0.717, 1.165) is 12.8 Å². The third kappa shape index (κ3) is 5.69. The standard InChI is InChI=1S/C19H29ClN2O3S/c1-14(2)4-5-15(3)21-19(23)16-10-12-22(13-11-16)26(24,25)18-8-6-17(20)7-9-18/h6-9,14-16H,4-5,10-13H2,1-3H3,(H,21,23). The number of hydrogen-bond donors (Lipinski definition) is 1. The van der Waals surface area contributed by atoms with Gasteiger partial charge in [0.25, 0.3) is 0 Å². The highest BCUT2D eigenvalue weighted by Gasteiger charge is 2.32. The summed E-state index contributed by atoms with van der Waals surface area (Å²) in [7, 11) is -3.53. The largest absolute Gasteiger partial charge is 0.353 e. The van der Waals surface area contributed by atoms with Crippen molar-refractivity contribution < 1.29 is 13.2 Å². The van der Waals surface area contributed by atoms with Crippen LogP contribution in [0.25, 0.3) is 0 Å². The number of halogens is 1. The molecule has 1 aliphatic heterocycles. The van der Waals surface area contributed by atoms with Crippen LogP contribution >= 0.6 is 11.6 Å². The summed E-state index contributed by atoms with van der Waals surface area (Å²) >= 11 is 5.83. The number of nitrogens with zero attached hydrogens (tertiary/aromatic N) is 1. The highest BCUT2D eigenvalue weighted by molar-refractivity contribution is 7.89. The highest BCUT2D eigenvalue weighted by atomic mass is 35.5. The van der Waals surface area contributed by atoms with Crippen LogP contribution < -0.4 is 5.32 Å². The molecular weight excluding hydrogens is 372 g/mol. The summed E-state index contributed by atoms with van der Waals surface area (Å²) in [4.78, 5) is 12.7.